The summed E-state index contributed by atoms with van der Waals surface area (Å²) < 4.78 is 1.70. The monoisotopic (exact) mass is 531 g/mol. The zero-order valence-corrected chi connectivity index (χ0v) is 17.4. The molecule has 0 aromatic heterocycles. The largest absolute Gasteiger partial charge is 0.506 e. The van der Waals surface area contributed by atoms with Gasteiger partial charge in [0.15, 0.2) is 0 Å². The average Bonchev–Trinajstić information content (AvgIpc) is 2.54. The van der Waals surface area contributed by atoms with Crippen molar-refractivity contribution in [3.8, 4) is 5.75 Å². The maximum absolute atomic E-state index is 11.9. The predicted molar refractivity (Wildman–Crippen MR) is 107 cm³/mol. The van der Waals surface area contributed by atoms with E-state index in [0.717, 1.165) is 4.47 Å². The van der Waals surface area contributed by atoms with Gasteiger partial charge in [0.05, 0.1) is 20.8 Å². The van der Waals surface area contributed by atoms with E-state index in [0.29, 0.717) is 20.2 Å². The minimum absolute atomic E-state index is 0.0740. The highest BCUT2D eigenvalue weighted by molar-refractivity contribution is 9.11. The van der Waals surface area contributed by atoms with Gasteiger partial charge in [-0.05, 0) is 77.6 Å². The van der Waals surface area contributed by atoms with E-state index in [9.17, 15) is 14.7 Å². The zero-order chi connectivity index (χ0) is 18.4. The molecule has 0 bridgehead atoms. The number of hydrogen-bond donors (Lipinski definition) is 3. The smallest absolute Gasteiger partial charge is 0.249 e. The molecule has 0 heterocycles. The summed E-state index contributed by atoms with van der Waals surface area (Å²) in [7, 11) is 0. The van der Waals surface area contributed by atoms with E-state index in [2.05, 4.69) is 63.6 Å². The van der Waals surface area contributed by atoms with Crippen LogP contribution in [0.1, 0.15) is 12.0 Å². The molecule has 0 aliphatic rings. The number of anilines is 1. The summed E-state index contributed by atoms with van der Waals surface area (Å²) in [6, 6.07) is 10.4. The van der Waals surface area contributed by atoms with Crippen LogP contribution < -0.4 is 10.7 Å². The van der Waals surface area contributed by atoms with Gasteiger partial charge in [0.1, 0.15) is 12.2 Å². The maximum atomic E-state index is 11.9. The van der Waals surface area contributed by atoms with Gasteiger partial charge in [-0.25, -0.2) is 5.43 Å². The highest BCUT2D eigenvalue weighted by atomic mass is 79.9. The van der Waals surface area contributed by atoms with Crippen molar-refractivity contribution in [2.45, 2.75) is 6.42 Å². The van der Waals surface area contributed by atoms with E-state index in [1.807, 2.05) is 6.07 Å². The third-order valence-electron chi connectivity index (χ3n) is 2.91. The molecule has 2 aromatic carbocycles. The summed E-state index contributed by atoms with van der Waals surface area (Å²) >= 11 is 9.72. The van der Waals surface area contributed by atoms with Crippen molar-refractivity contribution < 1.29 is 14.7 Å². The standard InChI is InChI=1S/C16H12Br3N3O3/c17-10-3-1-2-4-13(10)21-14(23)7-15(24)22-20-8-9-5-11(18)16(25)12(19)6-9/h1-6,8,25H,7H2,(H,21,23)(H,22,24)/b20-8+. The van der Waals surface area contributed by atoms with Crippen LogP contribution in [0, 0.1) is 0 Å². The number of phenolic OH excluding ortho intramolecular Hbond substituents is 1. The Hall–Kier alpha value is -1.71. The number of nitrogens with one attached hydrogen (secondary N) is 2. The number of amides is 2. The Morgan fingerprint density at radius 3 is 2.32 bits per heavy atom. The Kier molecular flexibility index (Phi) is 7.15. The van der Waals surface area contributed by atoms with Gasteiger partial charge in [-0.1, -0.05) is 12.1 Å². The number of rotatable bonds is 5. The van der Waals surface area contributed by atoms with Crippen LogP contribution in [0.3, 0.4) is 0 Å². The minimum atomic E-state index is -0.544. The Balaban J connectivity index is 1.88. The summed E-state index contributed by atoms with van der Waals surface area (Å²) in [5, 5.41) is 16.1. The SMILES string of the molecule is O=C(CC(=O)Nc1ccccc1Br)N/N=C/c1cc(Br)c(O)c(Br)c1. The van der Waals surface area contributed by atoms with E-state index >= 15 is 0 Å². The molecule has 0 fully saturated rings. The van der Waals surface area contributed by atoms with Gasteiger partial charge in [0.25, 0.3) is 0 Å². The number of halogens is 3. The fraction of sp³-hybridized carbons (Fsp3) is 0.0625. The van der Waals surface area contributed by atoms with Crippen molar-refractivity contribution in [2.75, 3.05) is 5.32 Å². The van der Waals surface area contributed by atoms with Crippen LogP contribution in [0.5, 0.6) is 5.75 Å². The molecule has 0 radical (unpaired) electrons. The third kappa shape index (κ3) is 5.94. The lowest BCUT2D eigenvalue weighted by Crippen LogP contribution is -2.24. The zero-order valence-electron chi connectivity index (χ0n) is 12.6. The molecule has 3 N–H and O–H groups in total. The van der Waals surface area contributed by atoms with Crippen molar-refractivity contribution in [1.29, 1.82) is 0 Å². The summed E-state index contributed by atoms with van der Waals surface area (Å²) in [5.74, 6) is -0.919. The number of carbonyl (C=O) groups is 2. The Labute approximate surface area is 169 Å². The van der Waals surface area contributed by atoms with E-state index < -0.39 is 11.8 Å². The van der Waals surface area contributed by atoms with Crippen LogP contribution in [-0.2, 0) is 9.59 Å². The van der Waals surface area contributed by atoms with Crippen LogP contribution in [0.2, 0.25) is 0 Å². The number of hydrogen-bond acceptors (Lipinski definition) is 4. The molecule has 0 unspecified atom stereocenters. The second kappa shape index (κ2) is 9.12. The number of benzene rings is 2. The highest BCUT2D eigenvalue weighted by Gasteiger charge is 2.10. The maximum Gasteiger partial charge on any atom is 0.249 e. The quantitative estimate of drug-likeness (QED) is 0.306. The molecule has 9 heteroatoms. The first-order valence-corrected chi connectivity index (χ1v) is 9.29. The first kappa shape index (κ1) is 19.6. The molecule has 6 nitrogen and oxygen atoms in total. The topological polar surface area (TPSA) is 90.8 Å². The van der Waals surface area contributed by atoms with Crippen molar-refractivity contribution in [2.24, 2.45) is 5.10 Å². The van der Waals surface area contributed by atoms with Gasteiger partial charge in [0.2, 0.25) is 11.8 Å². The molecule has 0 saturated heterocycles. The molecule has 2 amide bonds. The average molecular weight is 534 g/mol. The first-order chi connectivity index (χ1) is 11.9. The predicted octanol–water partition coefficient (Wildman–Crippen LogP) is 4.16. The van der Waals surface area contributed by atoms with Crippen molar-refractivity contribution >= 4 is 71.5 Å². The van der Waals surface area contributed by atoms with Gasteiger partial charge in [-0.2, -0.15) is 5.10 Å². The van der Waals surface area contributed by atoms with E-state index in [-0.39, 0.29) is 12.2 Å². The summed E-state index contributed by atoms with van der Waals surface area (Å²) in [4.78, 5) is 23.6. The molecule has 0 spiro atoms. The highest BCUT2D eigenvalue weighted by Crippen LogP contribution is 2.32. The van der Waals surface area contributed by atoms with Gasteiger partial charge >= 0.3 is 0 Å². The lowest BCUT2D eigenvalue weighted by atomic mass is 10.2. The van der Waals surface area contributed by atoms with Gasteiger partial charge < -0.3 is 10.4 Å². The first-order valence-electron chi connectivity index (χ1n) is 6.91. The molecule has 0 aliphatic carbocycles. The number of hydrazone groups is 1. The summed E-state index contributed by atoms with van der Waals surface area (Å²) in [5.41, 5.74) is 3.51. The summed E-state index contributed by atoms with van der Waals surface area (Å²) in [6.07, 6.45) is 1.04. The van der Waals surface area contributed by atoms with Gasteiger partial charge in [-0.15, -0.1) is 0 Å². The fourth-order valence-corrected chi connectivity index (χ4v) is 3.39. The Bertz CT molecular complexity index is 817. The third-order valence-corrected chi connectivity index (χ3v) is 4.81. The molecule has 0 atom stereocenters. The molecule has 25 heavy (non-hydrogen) atoms. The molecule has 2 rings (SSSR count). The Morgan fingerprint density at radius 2 is 1.68 bits per heavy atom. The molecule has 2 aromatic rings. The molecular weight excluding hydrogens is 522 g/mol. The number of carbonyl (C=O) groups excluding carboxylic acids is 2. The second-order valence-electron chi connectivity index (χ2n) is 4.83. The van der Waals surface area contributed by atoms with Crippen LogP contribution >= 0.6 is 47.8 Å². The number of para-hydroxylation sites is 1. The van der Waals surface area contributed by atoms with Crippen LogP contribution in [0.15, 0.2) is 54.9 Å². The number of phenols is 1. The molecule has 130 valence electrons. The van der Waals surface area contributed by atoms with Crippen LogP contribution in [0.4, 0.5) is 5.69 Å². The Morgan fingerprint density at radius 1 is 1.04 bits per heavy atom. The van der Waals surface area contributed by atoms with E-state index in [1.165, 1.54) is 6.21 Å². The van der Waals surface area contributed by atoms with Crippen LogP contribution in [0.25, 0.3) is 0 Å². The van der Waals surface area contributed by atoms with Crippen LogP contribution in [-0.4, -0.2) is 23.1 Å². The number of nitrogens with zero attached hydrogens (tertiary/aromatic N) is 1. The molecular formula is C16H12Br3N3O3. The normalized spacial score (nSPS) is 10.7. The van der Waals surface area contributed by atoms with Gasteiger partial charge in [-0.3, -0.25) is 9.59 Å². The molecule has 0 aliphatic heterocycles. The fourth-order valence-electron chi connectivity index (χ4n) is 1.78. The van der Waals surface area contributed by atoms with Crippen molar-refractivity contribution in [1.82, 2.24) is 5.43 Å². The minimum Gasteiger partial charge on any atom is -0.506 e. The summed E-state index contributed by atoms with van der Waals surface area (Å²) in [6.45, 7) is 0. The lowest BCUT2D eigenvalue weighted by molar-refractivity contribution is -0.126. The number of aromatic hydroxyl groups is 1. The van der Waals surface area contributed by atoms with E-state index in [4.69, 9.17) is 0 Å². The second-order valence-corrected chi connectivity index (χ2v) is 7.39. The van der Waals surface area contributed by atoms with Crippen molar-refractivity contribution in [3.05, 3.63) is 55.4 Å². The molecule has 0 saturated carbocycles. The van der Waals surface area contributed by atoms with Crippen molar-refractivity contribution in [3.63, 3.8) is 0 Å². The lowest BCUT2D eigenvalue weighted by Gasteiger charge is -2.06. The van der Waals surface area contributed by atoms with E-state index in [1.54, 1.807) is 30.3 Å². The van der Waals surface area contributed by atoms with Gasteiger partial charge in [0, 0.05) is 4.47 Å².